The minimum atomic E-state index is -5.05. The average molecular weight is 497 g/mol. The van der Waals surface area contributed by atoms with Crippen molar-refractivity contribution in [3.8, 4) is 5.75 Å². The van der Waals surface area contributed by atoms with E-state index in [4.69, 9.17) is 8.92 Å². The summed E-state index contributed by atoms with van der Waals surface area (Å²) in [7, 11) is -1.31. The van der Waals surface area contributed by atoms with Crippen LogP contribution in [0.15, 0.2) is 65.6 Å². The molecule has 0 N–H and O–H groups in total. The molecule has 0 radical (unpaired) electrons. The van der Waals surface area contributed by atoms with E-state index in [-0.39, 0.29) is 22.6 Å². The molecule has 182 valence electrons. The van der Waals surface area contributed by atoms with Crippen molar-refractivity contribution in [1.82, 2.24) is 0 Å². The third-order valence-electron chi connectivity index (χ3n) is 4.78. The van der Waals surface area contributed by atoms with Crippen LogP contribution in [0.25, 0.3) is 10.8 Å². The fourth-order valence-corrected chi connectivity index (χ4v) is 4.57. The molecule has 0 saturated heterocycles. The lowest BCUT2D eigenvalue weighted by atomic mass is 10.1. The van der Waals surface area contributed by atoms with Gasteiger partial charge >= 0.3 is 12.3 Å². The van der Waals surface area contributed by atoms with Gasteiger partial charge in [-0.2, -0.15) is 21.6 Å². The third-order valence-corrected chi connectivity index (χ3v) is 6.12. The minimum Gasteiger partial charge on any atom is -0.434 e. The molecule has 11 heteroatoms. The number of benzene rings is 3. The summed E-state index contributed by atoms with van der Waals surface area (Å²) >= 11 is 0. The van der Waals surface area contributed by atoms with Crippen molar-refractivity contribution < 1.29 is 40.0 Å². The van der Waals surface area contributed by atoms with E-state index in [0.717, 1.165) is 24.3 Å². The maximum atomic E-state index is 13.8. The van der Waals surface area contributed by atoms with E-state index < -0.39 is 34.1 Å². The van der Waals surface area contributed by atoms with Gasteiger partial charge in [-0.05, 0) is 36.8 Å². The molecule has 0 spiro atoms. The van der Waals surface area contributed by atoms with Crippen molar-refractivity contribution in [2.45, 2.75) is 24.1 Å². The summed E-state index contributed by atoms with van der Waals surface area (Å²) in [6.07, 6.45) is -8.84. The van der Waals surface area contributed by atoms with Crippen LogP contribution in [0, 0.1) is 0 Å². The summed E-state index contributed by atoms with van der Waals surface area (Å²) in [6, 6.07) is 13.3. The Morgan fingerprint density at radius 1 is 0.971 bits per heavy atom. The molecule has 0 saturated carbocycles. The van der Waals surface area contributed by atoms with Crippen molar-refractivity contribution in [3.63, 3.8) is 0 Å². The van der Waals surface area contributed by atoms with Crippen LogP contribution >= 0.6 is 0 Å². The van der Waals surface area contributed by atoms with Gasteiger partial charge in [0.25, 0.3) is 10.1 Å². The van der Waals surface area contributed by atoms with Crippen LogP contribution in [0.4, 0.5) is 23.7 Å². The number of alkyl halides is 3. The van der Waals surface area contributed by atoms with Gasteiger partial charge in [0.1, 0.15) is 10.6 Å². The van der Waals surface area contributed by atoms with Gasteiger partial charge in [-0.3, -0.25) is 0 Å². The predicted molar refractivity (Wildman–Crippen MR) is 119 cm³/mol. The van der Waals surface area contributed by atoms with Crippen molar-refractivity contribution in [1.29, 1.82) is 0 Å². The van der Waals surface area contributed by atoms with Crippen LogP contribution in [-0.2, 0) is 19.0 Å². The van der Waals surface area contributed by atoms with Gasteiger partial charge in [-0.25, -0.2) is 8.98 Å². The Morgan fingerprint density at radius 3 is 2.18 bits per heavy atom. The van der Waals surface area contributed by atoms with Crippen molar-refractivity contribution in [2.75, 3.05) is 25.6 Å². The normalized spacial score (nSPS) is 12.9. The summed E-state index contributed by atoms with van der Waals surface area (Å²) in [5.74, 6) is -0.0729. The van der Waals surface area contributed by atoms with E-state index in [9.17, 15) is 26.4 Å². The second-order valence-electron chi connectivity index (χ2n) is 7.35. The van der Waals surface area contributed by atoms with Crippen LogP contribution in [0.3, 0.4) is 0 Å². The number of hydrogen-bond donors (Lipinski definition) is 0. The minimum absolute atomic E-state index is 0.0585. The highest BCUT2D eigenvalue weighted by atomic mass is 32.2. The van der Waals surface area contributed by atoms with E-state index in [1.165, 1.54) is 18.2 Å². The summed E-state index contributed by atoms with van der Waals surface area (Å²) in [6.45, 7) is 1.62. The fraction of sp³-hybridized carbons (Fsp3) is 0.261. The topological polar surface area (TPSA) is 82.1 Å². The Kier molecular flexibility index (Phi) is 7.37. The first-order valence-electron chi connectivity index (χ1n) is 10.1. The number of nitrogens with zero attached hydrogens (tertiary/aromatic N) is 1. The Morgan fingerprint density at radius 2 is 1.59 bits per heavy atom. The third kappa shape index (κ3) is 5.60. The number of hydrogen-bond acceptors (Lipinski definition) is 7. The highest BCUT2D eigenvalue weighted by Gasteiger charge is 2.45. The van der Waals surface area contributed by atoms with Crippen LogP contribution in [-0.4, -0.2) is 41.5 Å². The molecule has 0 aromatic heterocycles. The summed E-state index contributed by atoms with van der Waals surface area (Å²) in [5, 5.41) is 0.772. The standard InChI is InChI=1S/C23H22F3NO6S/c1-4-31-22(28)32-16-13-11-15(12-14-16)21(23(24,25)26)33-34(29,30)20-10-6-7-17-18(20)8-5-9-19(17)27(2)3/h5-14,21H,4H2,1-3H3. The zero-order valence-corrected chi connectivity index (χ0v) is 19.3. The molecule has 3 aromatic carbocycles. The van der Waals surface area contributed by atoms with Crippen LogP contribution in [0.1, 0.15) is 18.6 Å². The van der Waals surface area contributed by atoms with E-state index in [1.807, 2.05) is 0 Å². The molecule has 3 rings (SSSR count). The number of rotatable bonds is 7. The van der Waals surface area contributed by atoms with Crippen molar-refractivity contribution >= 4 is 32.7 Å². The molecule has 0 bridgehead atoms. The lowest BCUT2D eigenvalue weighted by Crippen LogP contribution is -2.26. The average Bonchev–Trinajstić information content (AvgIpc) is 2.76. The fourth-order valence-electron chi connectivity index (χ4n) is 3.30. The summed E-state index contributed by atoms with van der Waals surface area (Å²) in [4.78, 5) is 12.8. The quantitative estimate of drug-likeness (QED) is 0.244. The molecule has 0 aliphatic carbocycles. The highest BCUT2D eigenvalue weighted by Crippen LogP contribution is 2.40. The smallest absolute Gasteiger partial charge is 0.434 e. The van der Waals surface area contributed by atoms with Gasteiger partial charge in [-0.1, -0.05) is 36.4 Å². The SMILES string of the molecule is CCOC(=O)Oc1ccc(C(OS(=O)(=O)c2cccc3c(N(C)C)cccc23)C(F)(F)F)cc1. The van der Waals surface area contributed by atoms with Gasteiger partial charge in [0.2, 0.25) is 0 Å². The summed E-state index contributed by atoms with van der Waals surface area (Å²) in [5.41, 5.74) is 0.209. The lowest BCUT2D eigenvalue weighted by Gasteiger charge is -2.22. The molecule has 0 heterocycles. The first-order valence-corrected chi connectivity index (χ1v) is 11.5. The molecule has 1 atom stereocenters. The molecule has 1 unspecified atom stereocenters. The molecule has 7 nitrogen and oxygen atoms in total. The molecule has 0 aliphatic heterocycles. The number of carbonyl (C=O) groups is 1. The van der Waals surface area contributed by atoms with Gasteiger partial charge in [0, 0.05) is 30.6 Å². The van der Waals surface area contributed by atoms with Crippen molar-refractivity contribution in [2.24, 2.45) is 0 Å². The monoisotopic (exact) mass is 497 g/mol. The molecular weight excluding hydrogens is 475 g/mol. The zero-order valence-electron chi connectivity index (χ0n) is 18.5. The Bertz CT molecular complexity index is 1270. The number of halogens is 3. The zero-order chi connectivity index (χ0) is 25.1. The van der Waals surface area contributed by atoms with Gasteiger partial charge < -0.3 is 14.4 Å². The van der Waals surface area contributed by atoms with E-state index >= 15 is 0 Å². The van der Waals surface area contributed by atoms with Gasteiger partial charge in [-0.15, -0.1) is 0 Å². The molecule has 3 aromatic rings. The number of anilines is 1. The lowest BCUT2D eigenvalue weighted by molar-refractivity contribution is -0.196. The Labute approximate surface area is 194 Å². The largest absolute Gasteiger partial charge is 0.513 e. The van der Waals surface area contributed by atoms with Crippen molar-refractivity contribution in [3.05, 3.63) is 66.2 Å². The maximum Gasteiger partial charge on any atom is 0.513 e. The molecule has 0 aliphatic rings. The van der Waals surface area contributed by atoms with Crippen LogP contribution in [0.2, 0.25) is 0 Å². The molecule has 0 amide bonds. The van der Waals surface area contributed by atoms with E-state index in [1.54, 1.807) is 44.1 Å². The maximum absolute atomic E-state index is 13.8. The highest BCUT2D eigenvalue weighted by molar-refractivity contribution is 7.87. The first-order chi connectivity index (χ1) is 15.9. The molecule has 34 heavy (non-hydrogen) atoms. The van der Waals surface area contributed by atoms with Gasteiger partial charge in [0.05, 0.1) is 6.61 Å². The van der Waals surface area contributed by atoms with Gasteiger partial charge in [0.15, 0.2) is 6.10 Å². The second-order valence-corrected chi connectivity index (χ2v) is 8.89. The van der Waals surface area contributed by atoms with E-state index in [2.05, 4.69) is 4.74 Å². The number of ether oxygens (including phenoxy) is 2. The molecule has 0 fully saturated rings. The number of fused-ring (bicyclic) bond motifs is 1. The predicted octanol–water partition coefficient (Wildman–Crippen LogP) is 5.45. The van der Waals surface area contributed by atoms with Crippen LogP contribution < -0.4 is 9.64 Å². The summed E-state index contributed by atoms with van der Waals surface area (Å²) < 4.78 is 81.7. The van der Waals surface area contributed by atoms with E-state index in [0.29, 0.717) is 11.1 Å². The molecular formula is C23H22F3NO6S. The Balaban J connectivity index is 1.97. The van der Waals surface area contributed by atoms with Crippen LogP contribution in [0.5, 0.6) is 5.75 Å². The first kappa shape index (κ1) is 25.3. The number of carbonyl (C=O) groups excluding carboxylic acids is 1. The Hall–Kier alpha value is -3.31. The second kappa shape index (κ2) is 9.90.